The fourth-order valence-corrected chi connectivity index (χ4v) is 4.20. The Hall–Kier alpha value is -4.04. The molecular weight excluding hydrogens is 439 g/mol. The molecule has 0 bridgehead atoms. The third-order valence-electron chi connectivity index (χ3n) is 6.02. The quantitative estimate of drug-likeness (QED) is 0.301. The number of fused-ring (bicyclic) bond motifs is 3. The highest BCUT2D eigenvalue weighted by molar-refractivity contribution is 6.15. The van der Waals surface area contributed by atoms with E-state index in [0.717, 1.165) is 23.1 Å². The molecule has 8 heteroatoms. The van der Waals surface area contributed by atoms with Gasteiger partial charge in [0, 0.05) is 25.2 Å². The van der Waals surface area contributed by atoms with E-state index in [0.29, 0.717) is 42.4 Å². The fourth-order valence-electron chi connectivity index (χ4n) is 4.20. The van der Waals surface area contributed by atoms with Crippen LogP contribution in [0.5, 0.6) is 11.5 Å². The minimum atomic E-state index is -0.471. The number of non-ortho nitro benzene ring substituents is 1. The van der Waals surface area contributed by atoms with Crippen LogP contribution in [-0.4, -0.2) is 28.9 Å². The summed E-state index contributed by atoms with van der Waals surface area (Å²) in [6.45, 7) is 3.51. The van der Waals surface area contributed by atoms with E-state index in [1.807, 2.05) is 13.0 Å². The number of nitro groups is 1. The van der Waals surface area contributed by atoms with Crippen LogP contribution in [-0.2, 0) is 13.0 Å². The number of aryl methyl sites for hydroxylation is 1. The average Bonchev–Trinajstić information content (AvgIpc) is 3.16. The van der Waals surface area contributed by atoms with Crippen molar-refractivity contribution in [3.63, 3.8) is 0 Å². The normalized spacial score (nSPS) is 16.1. The van der Waals surface area contributed by atoms with Gasteiger partial charge in [0.25, 0.3) is 5.69 Å². The van der Waals surface area contributed by atoms with Crippen molar-refractivity contribution in [2.24, 2.45) is 0 Å². The van der Waals surface area contributed by atoms with Gasteiger partial charge < -0.3 is 9.47 Å². The lowest BCUT2D eigenvalue weighted by atomic mass is 9.98. The molecule has 3 aromatic rings. The van der Waals surface area contributed by atoms with Gasteiger partial charge in [-0.3, -0.25) is 19.8 Å². The van der Waals surface area contributed by atoms with E-state index in [9.17, 15) is 19.3 Å². The number of hydrogen-bond donors (Lipinski definition) is 0. The third-order valence-corrected chi connectivity index (χ3v) is 6.02. The number of benzene rings is 3. The third kappa shape index (κ3) is 4.15. The predicted molar refractivity (Wildman–Crippen MR) is 123 cm³/mol. The number of ketones is 1. The molecule has 2 heterocycles. The Balaban J connectivity index is 1.38. The molecule has 172 valence electrons. The molecule has 7 nitrogen and oxygen atoms in total. The van der Waals surface area contributed by atoms with Gasteiger partial charge in [0.1, 0.15) is 24.0 Å². The number of carbonyl (C=O) groups is 1. The Kier molecular flexibility index (Phi) is 5.59. The van der Waals surface area contributed by atoms with Crippen LogP contribution < -0.4 is 9.47 Å². The van der Waals surface area contributed by atoms with Crippen LogP contribution in [0.15, 0.2) is 60.4 Å². The summed E-state index contributed by atoms with van der Waals surface area (Å²) in [5.74, 6) is 0.878. The standard InChI is InChI=1S/C26H21FN2O5/c1-16-12-22-21(14-28(15-33-22)11-10-17-2-6-19(27)7-3-17)26-24(16)25(30)23(34-26)13-18-4-8-20(9-5-18)29(31)32/h2-9,12-13H,10-11,14-15H2,1H3/b23-13+. The Labute approximate surface area is 195 Å². The van der Waals surface area contributed by atoms with E-state index in [2.05, 4.69) is 4.90 Å². The summed E-state index contributed by atoms with van der Waals surface area (Å²) in [6.07, 6.45) is 2.33. The van der Waals surface area contributed by atoms with Crippen LogP contribution in [0.3, 0.4) is 0 Å². The van der Waals surface area contributed by atoms with E-state index < -0.39 is 4.92 Å². The van der Waals surface area contributed by atoms with Crippen LogP contribution in [0.1, 0.15) is 32.6 Å². The molecule has 0 radical (unpaired) electrons. The maximum Gasteiger partial charge on any atom is 0.269 e. The number of Topliss-reactive ketones (excluding diaryl/α,β-unsaturated/α-hetero) is 1. The van der Waals surface area contributed by atoms with Gasteiger partial charge in [-0.05, 0) is 66.4 Å². The molecule has 0 unspecified atom stereocenters. The Morgan fingerprint density at radius 3 is 2.59 bits per heavy atom. The molecule has 2 aliphatic heterocycles. The molecule has 0 atom stereocenters. The summed E-state index contributed by atoms with van der Waals surface area (Å²) in [7, 11) is 0. The lowest BCUT2D eigenvalue weighted by Crippen LogP contribution is -2.33. The number of hydrogen-bond acceptors (Lipinski definition) is 6. The molecule has 0 saturated carbocycles. The molecule has 2 aliphatic rings. The van der Waals surface area contributed by atoms with Crippen molar-refractivity contribution >= 4 is 17.5 Å². The first-order valence-corrected chi connectivity index (χ1v) is 10.8. The van der Waals surface area contributed by atoms with Crippen molar-refractivity contribution in [2.75, 3.05) is 13.3 Å². The lowest BCUT2D eigenvalue weighted by Gasteiger charge is -2.30. The largest absolute Gasteiger partial charge is 0.478 e. The molecular formula is C26H21FN2O5. The molecule has 5 rings (SSSR count). The van der Waals surface area contributed by atoms with Gasteiger partial charge in [-0.25, -0.2) is 4.39 Å². The number of nitrogens with zero attached hydrogens (tertiary/aromatic N) is 2. The number of ether oxygens (including phenoxy) is 2. The van der Waals surface area contributed by atoms with Crippen LogP contribution in [0.2, 0.25) is 0 Å². The first-order valence-electron chi connectivity index (χ1n) is 10.8. The SMILES string of the molecule is Cc1cc2c(c3c1C(=O)/C(=C\c1ccc([N+](=O)[O-])cc1)O3)CN(CCc1ccc(F)cc1)CO2. The maximum atomic E-state index is 13.2. The van der Waals surface area contributed by atoms with Gasteiger partial charge in [0.2, 0.25) is 5.78 Å². The zero-order valence-electron chi connectivity index (χ0n) is 18.4. The highest BCUT2D eigenvalue weighted by Crippen LogP contribution is 2.44. The van der Waals surface area contributed by atoms with Crippen molar-refractivity contribution in [3.05, 3.63) is 104 Å². The number of allylic oxidation sites excluding steroid dienone is 1. The number of carbonyl (C=O) groups excluding carboxylic acids is 1. The van der Waals surface area contributed by atoms with Crippen LogP contribution >= 0.6 is 0 Å². The van der Waals surface area contributed by atoms with Gasteiger partial charge in [-0.2, -0.15) is 0 Å². The maximum absolute atomic E-state index is 13.2. The monoisotopic (exact) mass is 460 g/mol. The Morgan fingerprint density at radius 1 is 1.15 bits per heavy atom. The molecule has 0 saturated heterocycles. The molecule has 0 amide bonds. The lowest BCUT2D eigenvalue weighted by molar-refractivity contribution is -0.384. The summed E-state index contributed by atoms with van der Waals surface area (Å²) in [5, 5.41) is 10.9. The van der Waals surface area contributed by atoms with Gasteiger partial charge >= 0.3 is 0 Å². The smallest absolute Gasteiger partial charge is 0.269 e. The number of halogens is 1. The number of nitro benzene ring substituents is 1. The first-order chi connectivity index (χ1) is 16.4. The fraction of sp³-hybridized carbons (Fsp3) is 0.192. The van der Waals surface area contributed by atoms with E-state index in [-0.39, 0.29) is 23.0 Å². The Bertz CT molecular complexity index is 1320. The van der Waals surface area contributed by atoms with Crippen molar-refractivity contribution in [3.8, 4) is 11.5 Å². The minimum Gasteiger partial charge on any atom is -0.478 e. The Morgan fingerprint density at radius 2 is 1.88 bits per heavy atom. The van der Waals surface area contributed by atoms with Crippen LogP contribution in [0.4, 0.5) is 10.1 Å². The van der Waals surface area contributed by atoms with E-state index >= 15 is 0 Å². The first kappa shape index (κ1) is 21.8. The summed E-state index contributed by atoms with van der Waals surface area (Å²) >= 11 is 0. The van der Waals surface area contributed by atoms with Crippen LogP contribution in [0.25, 0.3) is 6.08 Å². The second kappa shape index (κ2) is 8.72. The van der Waals surface area contributed by atoms with Gasteiger partial charge in [-0.1, -0.05) is 12.1 Å². The van der Waals surface area contributed by atoms with Gasteiger partial charge in [-0.15, -0.1) is 0 Å². The zero-order chi connectivity index (χ0) is 23.8. The van der Waals surface area contributed by atoms with Crippen LogP contribution in [0, 0.1) is 22.9 Å². The second-order valence-electron chi connectivity index (χ2n) is 8.37. The van der Waals surface area contributed by atoms with Gasteiger partial charge in [0.05, 0.1) is 16.1 Å². The topological polar surface area (TPSA) is 81.9 Å². The van der Waals surface area contributed by atoms with E-state index in [4.69, 9.17) is 9.47 Å². The molecule has 34 heavy (non-hydrogen) atoms. The molecule has 0 aliphatic carbocycles. The molecule has 0 aromatic heterocycles. The molecule has 0 fully saturated rings. The van der Waals surface area contributed by atoms with Crippen molar-refractivity contribution in [2.45, 2.75) is 19.9 Å². The predicted octanol–water partition coefficient (Wildman–Crippen LogP) is 5.05. The summed E-state index contributed by atoms with van der Waals surface area (Å²) in [4.78, 5) is 25.6. The summed E-state index contributed by atoms with van der Waals surface area (Å²) in [6, 6.07) is 14.2. The van der Waals surface area contributed by atoms with Gasteiger partial charge in [0.15, 0.2) is 5.76 Å². The summed E-state index contributed by atoms with van der Waals surface area (Å²) in [5.41, 5.74) is 3.73. The summed E-state index contributed by atoms with van der Waals surface area (Å²) < 4.78 is 25.2. The second-order valence-corrected chi connectivity index (χ2v) is 8.37. The highest BCUT2D eigenvalue weighted by Gasteiger charge is 2.35. The molecule has 0 N–H and O–H groups in total. The number of rotatable bonds is 5. The molecule has 0 spiro atoms. The van der Waals surface area contributed by atoms with E-state index in [1.54, 1.807) is 30.3 Å². The highest BCUT2D eigenvalue weighted by atomic mass is 19.1. The zero-order valence-corrected chi connectivity index (χ0v) is 18.4. The van der Waals surface area contributed by atoms with Crippen molar-refractivity contribution < 1.29 is 23.6 Å². The average molecular weight is 460 g/mol. The van der Waals surface area contributed by atoms with E-state index in [1.165, 1.54) is 24.3 Å². The molecule has 3 aromatic carbocycles. The van der Waals surface area contributed by atoms with Crippen molar-refractivity contribution in [1.29, 1.82) is 0 Å². The van der Waals surface area contributed by atoms with Crippen molar-refractivity contribution in [1.82, 2.24) is 4.90 Å². The minimum absolute atomic E-state index is 0.0214.